The molecule has 1 atom stereocenters. The number of hydrogen-bond acceptors (Lipinski definition) is 3. The molecule has 0 saturated heterocycles. The van der Waals surface area contributed by atoms with Crippen molar-refractivity contribution in [2.75, 3.05) is 11.4 Å². The fraction of sp³-hybridized carbons (Fsp3) is 0.333. The zero-order valence-electron chi connectivity index (χ0n) is 10.9. The maximum Gasteiger partial charge on any atom is 0.0643 e. The van der Waals surface area contributed by atoms with Gasteiger partial charge in [0.1, 0.15) is 0 Å². The Bertz CT molecular complexity index is 594. The molecular weight excluding hydrogens is 276 g/mol. The van der Waals surface area contributed by atoms with Crippen molar-refractivity contribution in [2.45, 2.75) is 25.9 Å². The van der Waals surface area contributed by atoms with Crippen molar-refractivity contribution in [1.29, 1.82) is 0 Å². The maximum absolute atomic E-state index is 6.41. The first-order valence-corrected chi connectivity index (χ1v) is 7.78. The summed E-state index contributed by atoms with van der Waals surface area (Å²) in [6, 6.07) is 8.58. The molecule has 19 heavy (non-hydrogen) atoms. The second-order valence-electron chi connectivity index (χ2n) is 4.87. The molecule has 0 aliphatic carbocycles. The van der Waals surface area contributed by atoms with Crippen molar-refractivity contribution in [3.63, 3.8) is 0 Å². The van der Waals surface area contributed by atoms with Crippen LogP contribution in [0.25, 0.3) is 0 Å². The minimum Gasteiger partial charge on any atom is -0.363 e. The van der Waals surface area contributed by atoms with Gasteiger partial charge in [0.15, 0.2) is 0 Å². The molecule has 1 unspecified atom stereocenters. The maximum atomic E-state index is 6.41. The van der Waals surface area contributed by atoms with Gasteiger partial charge in [0, 0.05) is 18.0 Å². The highest BCUT2D eigenvalue weighted by Crippen LogP contribution is 2.40. The smallest absolute Gasteiger partial charge is 0.0643 e. The average molecular weight is 293 g/mol. The third-order valence-corrected chi connectivity index (χ3v) is 5.16. The van der Waals surface area contributed by atoms with Crippen molar-refractivity contribution in [3.05, 3.63) is 50.7 Å². The molecule has 4 heteroatoms. The monoisotopic (exact) mass is 292 g/mol. The third kappa shape index (κ3) is 2.16. The summed E-state index contributed by atoms with van der Waals surface area (Å²) in [6.07, 6.45) is 1.09. The van der Waals surface area contributed by atoms with Crippen molar-refractivity contribution >= 4 is 28.6 Å². The highest BCUT2D eigenvalue weighted by molar-refractivity contribution is 7.10. The lowest BCUT2D eigenvalue weighted by atomic mass is 9.99. The van der Waals surface area contributed by atoms with Gasteiger partial charge in [-0.25, -0.2) is 0 Å². The predicted molar refractivity (Wildman–Crippen MR) is 83.1 cm³/mol. The minimum atomic E-state index is 0.361. The van der Waals surface area contributed by atoms with Gasteiger partial charge in [-0.05, 0) is 42.0 Å². The SMILES string of the molecule is CC1c2ccsc2CCN1c1c(Cl)cccc1CN. The van der Waals surface area contributed by atoms with E-state index in [2.05, 4.69) is 29.3 Å². The van der Waals surface area contributed by atoms with E-state index in [0.717, 1.165) is 29.2 Å². The van der Waals surface area contributed by atoms with E-state index in [9.17, 15) is 0 Å². The molecular formula is C15H17ClN2S. The van der Waals surface area contributed by atoms with Crippen LogP contribution >= 0.6 is 22.9 Å². The summed E-state index contributed by atoms with van der Waals surface area (Å²) in [7, 11) is 0. The van der Waals surface area contributed by atoms with Crippen molar-refractivity contribution in [3.8, 4) is 0 Å². The molecule has 3 rings (SSSR count). The molecule has 1 aromatic carbocycles. The van der Waals surface area contributed by atoms with Crippen LogP contribution in [-0.2, 0) is 13.0 Å². The van der Waals surface area contributed by atoms with Crippen LogP contribution in [0, 0.1) is 0 Å². The highest BCUT2D eigenvalue weighted by Gasteiger charge is 2.27. The van der Waals surface area contributed by atoms with Gasteiger partial charge in [-0.1, -0.05) is 23.7 Å². The topological polar surface area (TPSA) is 29.3 Å². The van der Waals surface area contributed by atoms with E-state index < -0.39 is 0 Å². The van der Waals surface area contributed by atoms with E-state index in [1.165, 1.54) is 10.4 Å². The number of nitrogens with zero attached hydrogens (tertiary/aromatic N) is 1. The van der Waals surface area contributed by atoms with Crippen LogP contribution in [0.15, 0.2) is 29.6 Å². The minimum absolute atomic E-state index is 0.361. The van der Waals surface area contributed by atoms with Crippen LogP contribution in [0.5, 0.6) is 0 Å². The van der Waals surface area contributed by atoms with Crippen LogP contribution in [0.1, 0.15) is 29.0 Å². The van der Waals surface area contributed by atoms with E-state index in [0.29, 0.717) is 12.6 Å². The Morgan fingerprint density at radius 3 is 3.05 bits per heavy atom. The Labute approximate surface area is 122 Å². The summed E-state index contributed by atoms with van der Waals surface area (Å²) in [6.45, 7) is 3.77. The van der Waals surface area contributed by atoms with Gasteiger partial charge in [-0.15, -0.1) is 11.3 Å². The summed E-state index contributed by atoms with van der Waals surface area (Å²) < 4.78 is 0. The second-order valence-corrected chi connectivity index (χ2v) is 6.28. The van der Waals surface area contributed by atoms with Gasteiger partial charge in [-0.2, -0.15) is 0 Å². The first-order chi connectivity index (χ1) is 9.22. The van der Waals surface area contributed by atoms with E-state index in [4.69, 9.17) is 17.3 Å². The number of benzene rings is 1. The van der Waals surface area contributed by atoms with E-state index in [-0.39, 0.29) is 0 Å². The van der Waals surface area contributed by atoms with Gasteiger partial charge in [0.05, 0.1) is 16.8 Å². The number of fused-ring (bicyclic) bond motifs is 1. The van der Waals surface area contributed by atoms with E-state index in [1.807, 2.05) is 23.5 Å². The third-order valence-electron chi connectivity index (χ3n) is 3.85. The van der Waals surface area contributed by atoms with Crippen LogP contribution in [-0.4, -0.2) is 6.54 Å². The Morgan fingerprint density at radius 2 is 2.26 bits per heavy atom. The molecule has 0 bridgehead atoms. The molecule has 1 aliphatic heterocycles. The molecule has 2 aromatic rings. The Hall–Kier alpha value is -1.03. The molecule has 0 amide bonds. The van der Waals surface area contributed by atoms with Crippen LogP contribution in [0.4, 0.5) is 5.69 Å². The Kier molecular flexibility index (Phi) is 3.52. The molecule has 0 fully saturated rings. The molecule has 2 nitrogen and oxygen atoms in total. The van der Waals surface area contributed by atoms with Crippen LogP contribution in [0.3, 0.4) is 0 Å². The van der Waals surface area contributed by atoms with E-state index >= 15 is 0 Å². The lowest BCUT2D eigenvalue weighted by Crippen LogP contribution is -2.34. The molecule has 2 heterocycles. The summed E-state index contributed by atoms with van der Waals surface area (Å²) >= 11 is 8.27. The summed E-state index contributed by atoms with van der Waals surface area (Å²) in [5, 5.41) is 2.98. The standard InChI is InChI=1S/C15H17ClN2S/c1-10-12-6-8-19-14(12)5-7-18(10)15-11(9-17)3-2-4-13(15)16/h2-4,6,8,10H,5,7,9,17H2,1H3. The quantitative estimate of drug-likeness (QED) is 0.907. The number of hydrogen-bond donors (Lipinski definition) is 1. The Balaban J connectivity index is 2.05. The lowest BCUT2D eigenvalue weighted by molar-refractivity contribution is 0.630. The van der Waals surface area contributed by atoms with Gasteiger partial charge in [-0.3, -0.25) is 0 Å². The van der Waals surface area contributed by atoms with Crippen LogP contribution in [0.2, 0.25) is 5.02 Å². The summed E-state index contributed by atoms with van der Waals surface area (Å²) in [5.41, 5.74) is 9.52. The Morgan fingerprint density at radius 1 is 1.42 bits per heavy atom. The van der Waals surface area contributed by atoms with Crippen LogP contribution < -0.4 is 10.6 Å². The fourth-order valence-electron chi connectivity index (χ4n) is 2.86. The normalized spacial score (nSPS) is 18.5. The van der Waals surface area contributed by atoms with Crippen molar-refractivity contribution < 1.29 is 0 Å². The van der Waals surface area contributed by atoms with Gasteiger partial charge in [0.25, 0.3) is 0 Å². The average Bonchev–Trinajstić information content (AvgIpc) is 2.89. The first-order valence-electron chi connectivity index (χ1n) is 6.52. The second kappa shape index (κ2) is 5.16. The first kappa shape index (κ1) is 13.0. The zero-order valence-corrected chi connectivity index (χ0v) is 12.5. The molecule has 2 N–H and O–H groups in total. The molecule has 0 spiro atoms. The lowest BCUT2D eigenvalue weighted by Gasteiger charge is -2.37. The van der Waals surface area contributed by atoms with Crippen molar-refractivity contribution in [2.24, 2.45) is 5.73 Å². The van der Waals surface area contributed by atoms with Gasteiger partial charge < -0.3 is 10.6 Å². The largest absolute Gasteiger partial charge is 0.363 e. The summed E-state index contributed by atoms with van der Waals surface area (Å²) in [5.74, 6) is 0. The number of halogens is 1. The molecule has 0 radical (unpaired) electrons. The van der Waals surface area contributed by atoms with Gasteiger partial charge >= 0.3 is 0 Å². The number of anilines is 1. The van der Waals surface area contributed by atoms with E-state index in [1.54, 1.807) is 0 Å². The van der Waals surface area contributed by atoms with Crippen molar-refractivity contribution in [1.82, 2.24) is 0 Å². The number of rotatable bonds is 2. The number of nitrogens with two attached hydrogens (primary N) is 1. The molecule has 1 aliphatic rings. The number of para-hydroxylation sites is 1. The fourth-order valence-corrected chi connectivity index (χ4v) is 4.13. The summed E-state index contributed by atoms with van der Waals surface area (Å²) in [4.78, 5) is 3.89. The molecule has 1 aromatic heterocycles. The predicted octanol–water partition coefficient (Wildman–Crippen LogP) is 3.98. The zero-order chi connectivity index (χ0) is 13.4. The molecule has 100 valence electrons. The molecule has 0 saturated carbocycles. The van der Waals surface area contributed by atoms with Gasteiger partial charge in [0.2, 0.25) is 0 Å². The highest BCUT2D eigenvalue weighted by atomic mass is 35.5. The number of thiophene rings is 1.